The van der Waals surface area contributed by atoms with Crippen molar-refractivity contribution in [3.63, 3.8) is 0 Å². The van der Waals surface area contributed by atoms with Gasteiger partial charge in [0.05, 0.1) is 11.1 Å². The lowest BCUT2D eigenvalue weighted by Crippen LogP contribution is -2.25. The monoisotopic (exact) mass is 405 g/mol. The topological polar surface area (TPSA) is 93.8 Å². The van der Waals surface area contributed by atoms with Crippen molar-refractivity contribution in [2.45, 2.75) is 13.8 Å². The highest BCUT2D eigenvalue weighted by Crippen LogP contribution is 2.27. The van der Waals surface area contributed by atoms with Gasteiger partial charge in [0.1, 0.15) is 5.75 Å². The minimum absolute atomic E-state index is 0.00479. The van der Waals surface area contributed by atoms with Gasteiger partial charge in [0.15, 0.2) is 6.61 Å². The van der Waals surface area contributed by atoms with E-state index in [4.69, 9.17) is 4.74 Å². The number of hydrazone groups is 1. The minimum Gasteiger partial charge on any atom is -0.483 e. The van der Waals surface area contributed by atoms with Gasteiger partial charge in [-0.05, 0) is 54.8 Å². The van der Waals surface area contributed by atoms with Gasteiger partial charge in [-0.15, -0.1) is 0 Å². The molecular formula is C17H16BrN3O4. The number of hydrogen-bond donors (Lipinski definition) is 1. The summed E-state index contributed by atoms with van der Waals surface area (Å²) < 4.78 is 6.50. The molecule has 2 aromatic carbocycles. The average Bonchev–Trinajstić information content (AvgIpc) is 2.54. The third-order valence-corrected chi connectivity index (χ3v) is 3.74. The molecule has 0 fully saturated rings. The van der Waals surface area contributed by atoms with Gasteiger partial charge in [-0.3, -0.25) is 14.9 Å². The summed E-state index contributed by atoms with van der Waals surface area (Å²) in [5, 5.41) is 14.4. The van der Waals surface area contributed by atoms with Crippen molar-refractivity contribution in [2.75, 3.05) is 6.61 Å². The van der Waals surface area contributed by atoms with Crippen molar-refractivity contribution >= 4 is 33.7 Å². The Hall–Kier alpha value is -2.74. The van der Waals surface area contributed by atoms with Gasteiger partial charge in [-0.25, -0.2) is 5.43 Å². The largest absolute Gasteiger partial charge is 0.483 e. The number of ether oxygens (including phenoxy) is 1. The summed E-state index contributed by atoms with van der Waals surface area (Å²) in [5.74, 6) is 0.262. The number of aryl methyl sites for hydroxylation is 2. The van der Waals surface area contributed by atoms with Crippen LogP contribution in [0.25, 0.3) is 0 Å². The van der Waals surface area contributed by atoms with Crippen LogP contribution in [-0.2, 0) is 4.79 Å². The van der Waals surface area contributed by atoms with E-state index in [-0.39, 0.29) is 12.3 Å². The molecule has 0 aliphatic rings. The van der Waals surface area contributed by atoms with Crippen LogP contribution in [0.2, 0.25) is 0 Å². The fraction of sp³-hybridized carbons (Fsp3) is 0.176. The molecule has 0 aliphatic heterocycles. The number of halogens is 1. The molecule has 0 radical (unpaired) electrons. The van der Waals surface area contributed by atoms with Gasteiger partial charge in [0, 0.05) is 16.6 Å². The van der Waals surface area contributed by atoms with Gasteiger partial charge in [-0.1, -0.05) is 15.9 Å². The van der Waals surface area contributed by atoms with Gasteiger partial charge >= 0.3 is 0 Å². The van der Waals surface area contributed by atoms with Crippen LogP contribution in [-0.4, -0.2) is 23.7 Å². The number of rotatable bonds is 6. The molecule has 2 rings (SSSR count). The van der Waals surface area contributed by atoms with E-state index in [2.05, 4.69) is 26.5 Å². The highest BCUT2D eigenvalue weighted by atomic mass is 79.9. The first-order chi connectivity index (χ1) is 11.9. The van der Waals surface area contributed by atoms with Crippen molar-refractivity contribution < 1.29 is 14.5 Å². The van der Waals surface area contributed by atoms with Crippen LogP contribution in [0, 0.1) is 24.0 Å². The predicted octanol–water partition coefficient (Wildman–Crippen LogP) is 3.50. The quantitative estimate of drug-likeness (QED) is 0.451. The number of non-ortho nitro benzene ring substituents is 1. The second-order valence-electron chi connectivity index (χ2n) is 5.30. The molecule has 0 aliphatic carbocycles. The number of amides is 1. The first-order valence-corrected chi connectivity index (χ1v) is 8.12. The third kappa shape index (κ3) is 5.39. The number of nitro groups is 1. The average molecular weight is 406 g/mol. The molecule has 0 unspecified atom stereocenters. The zero-order chi connectivity index (χ0) is 18.4. The molecular weight excluding hydrogens is 390 g/mol. The van der Waals surface area contributed by atoms with E-state index < -0.39 is 10.8 Å². The molecule has 2 aromatic rings. The maximum absolute atomic E-state index is 11.8. The molecule has 0 spiro atoms. The van der Waals surface area contributed by atoms with Crippen LogP contribution in [0.1, 0.15) is 16.7 Å². The molecule has 1 amide bonds. The van der Waals surface area contributed by atoms with Crippen LogP contribution < -0.4 is 10.2 Å². The second-order valence-corrected chi connectivity index (χ2v) is 6.21. The number of benzene rings is 2. The summed E-state index contributed by atoms with van der Waals surface area (Å²) >= 11 is 3.40. The highest BCUT2D eigenvalue weighted by molar-refractivity contribution is 9.10. The van der Waals surface area contributed by atoms with E-state index in [1.54, 1.807) is 12.1 Å². The summed E-state index contributed by atoms with van der Waals surface area (Å²) in [6.45, 7) is 3.64. The van der Waals surface area contributed by atoms with Crippen LogP contribution in [0.5, 0.6) is 5.75 Å². The molecule has 0 saturated heterocycles. The van der Waals surface area contributed by atoms with Crippen LogP contribution in [0.3, 0.4) is 0 Å². The standard InChI is InChI=1S/C17H16BrN3O4/c1-11-7-14(18)8-12(2)17(11)25-10-16(22)20-19-9-13-3-5-15(6-4-13)21(23)24/h3-9H,10H2,1-2H3,(H,20,22)/b19-9+. The lowest BCUT2D eigenvalue weighted by atomic mass is 10.1. The Labute approximate surface area is 153 Å². The Morgan fingerprint density at radius 3 is 2.44 bits per heavy atom. The lowest BCUT2D eigenvalue weighted by Gasteiger charge is -2.11. The zero-order valence-corrected chi connectivity index (χ0v) is 15.2. The van der Waals surface area contributed by atoms with E-state index >= 15 is 0 Å². The third-order valence-electron chi connectivity index (χ3n) is 3.28. The lowest BCUT2D eigenvalue weighted by molar-refractivity contribution is -0.384. The van der Waals surface area contributed by atoms with Gasteiger partial charge in [0.25, 0.3) is 11.6 Å². The maximum Gasteiger partial charge on any atom is 0.277 e. The van der Waals surface area contributed by atoms with E-state index in [1.165, 1.54) is 18.3 Å². The molecule has 7 nitrogen and oxygen atoms in total. The molecule has 1 N–H and O–H groups in total. The Balaban J connectivity index is 1.87. The number of carbonyl (C=O) groups excluding carboxylic acids is 1. The first kappa shape index (κ1) is 18.6. The second kappa shape index (κ2) is 8.39. The minimum atomic E-state index is -0.480. The Bertz CT molecular complexity index is 796. The number of nitro benzene ring substituents is 1. The zero-order valence-electron chi connectivity index (χ0n) is 13.7. The van der Waals surface area contributed by atoms with E-state index in [9.17, 15) is 14.9 Å². The molecule has 0 atom stereocenters. The van der Waals surface area contributed by atoms with E-state index in [0.717, 1.165) is 15.6 Å². The molecule has 25 heavy (non-hydrogen) atoms. The van der Waals surface area contributed by atoms with Crippen LogP contribution in [0.4, 0.5) is 5.69 Å². The van der Waals surface area contributed by atoms with Gasteiger partial charge in [0.2, 0.25) is 0 Å². The normalized spacial score (nSPS) is 10.7. The van der Waals surface area contributed by atoms with Crippen molar-refractivity contribution in [1.82, 2.24) is 5.43 Å². The SMILES string of the molecule is Cc1cc(Br)cc(C)c1OCC(=O)N/N=C/c1ccc([N+](=O)[O-])cc1. The number of nitrogens with zero attached hydrogens (tertiary/aromatic N) is 2. The molecule has 0 saturated carbocycles. The smallest absolute Gasteiger partial charge is 0.277 e. The molecule has 130 valence electrons. The fourth-order valence-electron chi connectivity index (χ4n) is 2.16. The summed E-state index contributed by atoms with van der Waals surface area (Å²) in [5.41, 5.74) is 4.83. The molecule has 0 heterocycles. The van der Waals surface area contributed by atoms with Crippen molar-refractivity contribution in [3.05, 3.63) is 67.7 Å². The summed E-state index contributed by atoms with van der Waals surface area (Å²) in [4.78, 5) is 21.9. The summed E-state index contributed by atoms with van der Waals surface area (Å²) in [7, 11) is 0. The van der Waals surface area contributed by atoms with Crippen molar-refractivity contribution in [1.29, 1.82) is 0 Å². The van der Waals surface area contributed by atoms with Crippen LogP contribution >= 0.6 is 15.9 Å². The van der Waals surface area contributed by atoms with Gasteiger partial charge < -0.3 is 4.74 Å². The summed E-state index contributed by atoms with van der Waals surface area (Å²) in [6, 6.07) is 9.63. The highest BCUT2D eigenvalue weighted by Gasteiger charge is 2.08. The number of carbonyl (C=O) groups is 1. The Kier molecular flexibility index (Phi) is 6.24. The number of nitrogens with one attached hydrogen (secondary N) is 1. The summed E-state index contributed by atoms with van der Waals surface area (Å²) in [6.07, 6.45) is 1.40. The van der Waals surface area contributed by atoms with E-state index in [0.29, 0.717) is 11.3 Å². The van der Waals surface area contributed by atoms with Gasteiger partial charge in [-0.2, -0.15) is 5.10 Å². The maximum atomic E-state index is 11.8. The molecule has 0 aromatic heterocycles. The molecule has 0 bridgehead atoms. The fourth-order valence-corrected chi connectivity index (χ4v) is 2.84. The van der Waals surface area contributed by atoms with Crippen LogP contribution in [0.15, 0.2) is 46.0 Å². The predicted molar refractivity (Wildman–Crippen MR) is 97.9 cm³/mol. The van der Waals surface area contributed by atoms with E-state index in [1.807, 2.05) is 26.0 Å². The Morgan fingerprint density at radius 2 is 1.88 bits per heavy atom. The van der Waals surface area contributed by atoms with Crippen molar-refractivity contribution in [2.24, 2.45) is 5.10 Å². The van der Waals surface area contributed by atoms with Crippen molar-refractivity contribution in [3.8, 4) is 5.75 Å². The Morgan fingerprint density at radius 1 is 1.28 bits per heavy atom. The number of hydrogen-bond acceptors (Lipinski definition) is 5. The molecule has 8 heteroatoms. The first-order valence-electron chi connectivity index (χ1n) is 7.32.